The number of nitrogens with one attached hydrogen (secondary N) is 1. The van der Waals surface area contributed by atoms with Crippen molar-refractivity contribution in [2.45, 2.75) is 6.42 Å². The summed E-state index contributed by atoms with van der Waals surface area (Å²) in [5.74, 6) is -0.735. The summed E-state index contributed by atoms with van der Waals surface area (Å²) < 4.78 is 15.2. The van der Waals surface area contributed by atoms with Crippen LogP contribution in [-0.4, -0.2) is 32.1 Å². The molecule has 31 heavy (non-hydrogen) atoms. The predicted molar refractivity (Wildman–Crippen MR) is 114 cm³/mol. The van der Waals surface area contributed by atoms with Crippen LogP contribution in [-0.2, 0) is 20.7 Å². The summed E-state index contributed by atoms with van der Waals surface area (Å²) >= 11 is 0. The van der Waals surface area contributed by atoms with E-state index in [0.717, 1.165) is 5.56 Å². The van der Waals surface area contributed by atoms with Crippen molar-refractivity contribution in [3.05, 3.63) is 89.5 Å². The zero-order valence-electron chi connectivity index (χ0n) is 17.1. The number of anilines is 1. The van der Waals surface area contributed by atoms with Gasteiger partial charge in [-0.25, -0.2) is 9.59 Å². The van der Waals surface area contributed by atoms with Crippen LogP contribution in [0, 0.1) is 0 Å². The van der Waals surface area contributed by atoms with Gasteiger partial charge in [0.1, 0.15) is 11.5 Å². The van der Waals surface area contributed by atoms with Gasteiger partial charge in [-0.3, -0.25) is 4.79 Å². The van der Waals surface area contributed by atoms with Crippen molar-refractivity contribution in [3.63, 3.8) is 0 Å². The average molecular weight is 419 g/mol. The van der Waals surface area contributed by atoms with Crippen molar-refractivity contribution in [2.24, 2.45) is 0 Å². The second kappa shape index (κ2) is 10.1. The van der Waals surface area contributed by atoms with Gasteiger partial charge >= 0.3 is 11.9 Å². The Labute approximate surface area is 179 Å². The minimum atomic E-state index is -0.687. The van der Waals surface area contributed by atoms with E-state index in [1.807, 2.05) is 30.3 Å². The van der Waals surface area contributed by atoms with Gasteiger partial charge in [0.2, 0.25) is 5.91 Å². The Hall–Kier alpha value is -4.13. The van der Waals surface area contributed by atoms with E-state index >= 15 is 0 Å². The van der Waals surface area contributed by atoms with E-state index in [4.69, 9.17) is 14.2 Å². The van der Waals surface area contributed by atoms with E-state index in [0.29, 0.717) is 17.2 Å². The lowest BCUT2D eigenvalue weighted by molar-refractivity contribution is -0.115. The number of amides is 1. The summed E-state index contributed by atoms with van der Waals surface area (Å²) in [6.45, 7) is 0. The number of esters is 2. The van der Waals surface area contributed by atoms with Crippen LogP contribution in [0.15, 0.2) is 72.8 Å². The summed E-state index contributed by atoms with van der Waals surface area (Å²) in [5, 5.41) is 2.83. The molecule has 3 aromatic rings. The highest BCUT2D eigenvalue weighted by atomic mass is 16.5. The van der Waals surface area contributed by atoms with Crippen LogP contribution in [0.4, 0.5) is 5.69 Å². The lowest BCUT2D eigenvalue weighted by atomic mass is 10.1. The first-order chi connectivity index (χ1) is 15.0. The van der Waals surface area contributed by atoms with Crippen LogP contribution >= 0.6 is 0 Å². The quantitative estimate of drug-likeness (QED) is 0.576. The van der Waals surface area contributed by atoms with Crippen molar-refractivity contribution < 1.29 is 28.6 Å². The maximum Gasteiger partial charge on any atom is 0.338 e. The Morgan fingerprint density at radius 1 is 0.742 bits per heavy atom. The number of ether oxygens (including phenoxy) is 3. The summed E-state index contributed by atoms with van der Waals surface area (Å²) in [6.07, 6.45) is 0.253. The van der Waals surface area contributed by atoms with Gasteiger partial charge in [-0.05, 0) is 35.9 Å². The molecule has 0 unspecified atom stereocenters. The molecule has 0 bridgehead atoms. The Kier molecular flexibility index (Phi) is 7.01. The van der Waals surface area contributed by atoms with Gasteiger partial charge in [0.05, 0.1) is 31.8 Å². The summed E-state index contributed by atoms with van der Waals surface area (Å²) in [6, 6.07) is 20.6. The van der Waals surface area contributed by atoms with Crippen molar-refractivity contribution in [2.75, 3.05) is 19.5 Å². The van der Waals surface area contributed by atoms with E-state index in [1.54, 1.807) is 30.3 Å². The molecule has 0 aromatic heterocycles. The van der Waals surface area contributed by atoms with Crippen molar-refractivity contribution in [3.8, 4) is 11.5 Å². The Morgan fingerprint density at radius 2 is 1.42 bits per heavy atom. The van der Waals surface area contributed by atoms with Crippen LogP contribution in [0.3, 0.4) is 0 Å². The first kappa shape index (κ1) is 21.6. The Balaban J connectivity index is 1.75. The third kappa shape index (κ3) is 5.70. The minimum Gasteiger partial charge on any atom is -0.465 e. The van der Waals surface area contributed by atoms with Crippen LogP contribution in [0.1, 0.15) is 26.3 Å². The molecule has 3 aromatic carbocycles. The maximum atomic E-state index is 12.3. The van der Waals surface area contributed by atoms with Gasteiger partial charge in [0.15, 0.2) is 0 Å². The third-order valence-corrected chi connectivity index (χ3v) is 4.36. The highest BCUT2D eigenvalue weighted by molar-refractivity contribution is 6.03. The lowest BCUT2D eigenvalue weighted by Gasteiger charge is -2.11. The van der Waals surface area contributed by atoms with E-state index < -0.39 is 11.9 Å². The molecule has 0 spiro atoms. The molecular weight excluding hydrogens is 398 g/mol. The highest BCUT2D eigenvalue weighted by Gasteiger charge is 2.19. The second-order valence-corrected chi connectivity index (χ2v) is 6.53. The average Bonchev–Trinajstić information content (AvgIpc) is 2.78. The molecule has 1 N–H and O–H groups in total. The molecule has 0 aliphatic carbocycles. The predicted octanol–water partition coefficient (Wildman–Crippen LogP) is 4.23. The summed E-state index contributed by atoms with van der Waals surface area (Å²) in [4.78, 5) is 36.2. The molecule has 158 valence electrons. The van der Waals surface area contributed by atoms with Gasteiger partial charge in [-0.1, -0.05) is 36.4 Å². The fourth-order valence-corrected chi connectivity index (χ4v) is 2.91. The first-order valence-electron chi connectivity index (χ1n) is 9.42. The number of hydrogen-bond acceptors (Lipinski definition) is 6. The summed E-state index contributed by atoms with van der Waals surface area (Å²) in [7, 11) is 2.45. The molecule has 7 heteroatoms. The van der Waals surface area contributed by atoms with Gasteiger partial charge < -0.3 is 19.5 Å². The molecule has 0 fully saturated rings. The number of methoxy groups -OCH3 is 2. The molecular formula is C24H21NO6. The van der Waals surface area contributed by atoms with E-state index in [-0.39, 0.29) is 23.5 Å². The molecule has 3 rings (SSSR count). The minimum absolute atomic E-state index is 0.0270. The maximum absolute atomic E-state index is 12.3. The highest BCUT2D eigenvalue weighted by Crippen LogP contribution is 2.27. The number of hydrogen-bond donors (Lipinski definition) is 1. The topological polar surface area (TPSA) is 90.9 Å². The van der Waals surface area contributed by atoms with E-state index in [9.17, 15) is 14.4 Å². The molecule has 7 nitrogen and oxygen atoms in total. The molecule has 0 saturated heterocycles. The van der Waals surface area contributed by atoms with Crippen LogP contribution in [0.2, 0.25) is 0 Å². The van der Waals surface area contributed by atoms with E-state index in [2.05, 4.69) is 5.32 Å². The molecule has 0 heterocycles. The fraction of sp³-hybridized carbons (Fsp3) is 0.125. The summed E-state index contributed by atoms with van der Waals surface area (Å²) in [5.41, 5.74) is 1.58. The number of carbonyl (C=O) groups excluding carboxylic acids is 3. The Morgan fingerprint density at radius 3 is 2.13 bits per heavy atom. The van der Waals surface area contributed by atoms with Gasteiger partial charge in [0.25, 0.3) is 0 Å². The van der Waals surface area contributed by atoms with Crippen molar-refractivity contribution in [1.82, 2.24) is 0 Å². The second-order valence-electron chi connectivity index (χ2n) is 6.53. The van der Waals surface area contributed by atoms with Crippen LogP contribution < -0.4 is 10.1 Å². The van der Waals surface area contributed by atoms with Crippen molar-refractivity contribution >= 4 is 23.5 Å². The SMILES string of the molecule is COC(=O)c1ccc(Oc2cccc(NC(=O)Cc3ccccc3)c2)cc1C(=O)OC. The monoisotopic (exact) mass is 419 g/mol. The molecule has 0 radical (unpaired) electrons. The largest absolute Gasteiger partial charge is 0.465 e. The lowest BCUT2D eigenvalue weighted by Crippen LogP contribution is -2.14. The van der Waals surface area contributed by atoms with Gasteiger partial charge in [0, 0.05) is 11.8 Å². The smallest absolute Gasteiger partial charge is 0.338 e. The van der Waals surface area contributed by atoms with E-state index in [1.165, 1.54) is 26.4 Å². The fourth-order valence-electron chi connectivity index (χ4n) is 2.91. The molecule has 1 amide bonds. The third-order valence-electron chi connectivity index (χ3n) is 4.36. The molecule has 0 atom stereocenters. The van der Waals surface area contributed by atoms with Gasteiger partial charge in [-0.15, -0.1) is 0 Å². The number of benzene rings is 3. The molecule has 0 aliphatic heterocycles. The Bertz CT molecular complexity index is 1090. The zero-order valence-corrected chi connectivity index (χ0v) is 17.1. The van der Waals surface area contributed by atoms with Crippen LogP contribution in [0.25, 0.3) is 0 Å². The van der Waals surface area contributed by atoms with Gasteiger partial charge in [-0.2, -0.15) is 0 Å². The standard InChI is InChI=1S/C24H21NO6/c1-29-23(27)20-12-11-19(15-21(20)24(28)30-2)31-18-10-6-9-17(14-18)25-22(26)13-16-7-4-3-5-8-16/h3-12,14-15H,13H2,1-2H3,(H,25,26). The number of rotatable bonds is 7. The molecule has 0 aliphatic rings. The van der Waals surface area contributed by atoms with Crippen LogP contribution in [0.5, 0.6) is 11.5 Å². The molecule has 0 saturated carbocycles. The first-order valence-corrected chi connectivity index (χ1v) is 9.42. The van der Waals surface area contributed by atoms with Crippen molar-refractivity contribution in [1.29, 1.82) is 0 Å². The normalized spacial score (nSPS) is 10.1. The number of carbonyl (C=O) groups is 3. The zero-order chi connectivity index (χ0) is 22.2.